The molecule has 0 aliphatic carbocycles. The van der Waals surface area contributed by atoms with E-state index in [4.69, 9.17) is 12.2 Å². The molecule has 0 radical (unpaired) electrons. The maximum atomic E-state index is 13.0. The first-order valence-electron chi connectivity index (χ1n) is 7.76. The van der Waals surface area contributed by atoms with Crippen LogP contribution in [-0.4, -0.2) is 43.2 Å². The molecule has 0 saturated carbocycles. The average molecular weight is 383 g/mol. The Balaban J connectivity index is 1.77. The van der Waals surface area contributed by atoms with Crippen molar-refractivity contribution in [3.8, 4) is 10.6 Å². The number of hydrogen-bond acceptors (Lipinski definition) is 4. The number of hydrogen-bond donors (Lipinski definition) is 4. The number of hydrazine groups is 1. The second-order valence-corrected chi connectivity index (χ2v) is 6.98. The van der Waals surface area contributed by atoms with Gasteiger partial charge in [0.2, 0.25) is 5.91 Å². The lowest BCUT2D eigenvalue weighted by Crippen LogP contribution is -3.06. The molecule has 4 N–H and O–H groups in total. The number of nitrogens with one attached hydrogen (secondary N) is 4. The van der Waals surface area contributed by atoms with E-state index in [1.165, 1.54) is 28.4 Å². The van der Waals surface area contributed by atoms with E-state index in [1.807, 2.05) is 19.5 Å². The minimum atomic E-state index is -0.289. The molecule has 0 atom stereocenters. The van der Waals surface area contributed by atoms with Crippen LogP contribution in [0.25, 0.3) is 10.6 Å². The van der Waals surface area contributed by atoms with Gasteiger partial charge in [0.25, 0.3) is 0 Å². The molecule has 1 aromatic carbocycles. The molecule has 9 heteroatoms. The fourth-order valence-corrected chi connectivity index (χ4v) is 2.90. The van der Waals surface area contributed by atoms with Gasteiger partial charge in [0.05, 0.1) is 39.3 Å². The zero-order chi connectivity index (χ0) is 18.2. The summed E-state index contributed by atoms with van der Waals surface area (Å²) < 4.78 is 13.0. The Morgan fingerprint density at radius 3 is 2.68 bits per heavy atom. The highest BCUT2D eigenvalue weighted by Crippen LogP contribution is 2.23. The number of amides is 1. The van der Waals surface area contributed by atoms with Gasteiger partial charge >= 0.3 is 0 Å². The second-order valence-electron chi connectivity index (χ2n) is 5.71. The number of thiocarbonyl (C=S) groups is 1. The van der Waals surface area contributed by atoms with Crippen molar-refractivity contribution in [2.45, 2.75) is 6.42 Å². The van der Waals surface area contributed by atoms with Gasteiger partial charge in [-0.05, 0) is 36.5 Å². The van der Waals surface area contributed by atoms with Crippen LogP contribution in [0.3, 0.4) is 0 Å². The number of benzene rings is 1. The Morgan fingerprint density at radius 2 is 2.00 bits per heavy atom. The van der Waals surface area contributed by atoms with E-state index >= 15 is 0 Å². The molecule has 1 heterocycles. The molecular weight excluding hydrogens is 361 g/mol. The lowest BCUT2D eigenvalue weighted by molar-refractivity contribution is -0.856. The smallest absolute Gasteiger partial charge is 0.244 e. The quantitative estimate of drug-likeness (QED) is 0.422. The molecule has 0 aliphatic rings. The third-order valence-corrected chi connectivity index (χ3v) is 4.40. The summed E-state index contributed by atoms with van der Waals surface area (Å²) in [5.74, 6) is -0.527. The van der Waals surface area contributed by atoms with Gasteiger partial charge < -0.3 is 10.2 Å². The number of halogens is 1. The summed E-state index contributed by atoms with van der Waals surface area (Å²) in [6.45, 7) is 1.64. The van der Waals surface area contributed by atoms with E-state index in [-0.39, 0.29) is 18.1 Å². The van der Waals surface area contributed by atoms with Crippen molar-refractivity contribution >= 4 is 34.6 Å². The Bertz CT molecular complexity index is 718. The predicted octanol–water partition coefficient (Wildman–Crippen LogP) is 0.132. The lowest BCUT2D eigenvalue weighted by atomic mass is 10.2. The molecule has 2 rings (SSSR count). The van der Waals surface area contributed by atoms with Gasteiger partial charge in [-0.25, -0.2) is 9.37 Å². The van der Waals surface area contributed by atoms with Crippen molar-refractivity contribution in [2.75, 3.05) is 27.2 Å². The first kappa shape index (κ1) is 19.2. The largest absolute Gasteiger partial charge is 0.356 e. The lowest BCUT2D eigenvalue weighted by Gasteiger charge is -2.12. The Morgan fingerprint density at radius 1 is 1.28 bits per heavy atom. The zero-order valence-corrected chi connectivity index (χ0v) is 15.7. The van der Waals surface area contributed by atoms with Gasteiger partial charge in [0, 0.05) is 10.9 Å². The van der Waals surface area contributed by atoms with Crippen molar-refractivity contribution in [1.29, 1.82) is 0 Å². The molecule has 25 heavy (non-hydrogen) atoms. The highest BCUT2D eigenvalue weighted by atomic mass is 32.1. The molecule has 6 nitrogen and oxygen atoms in total. The zero-order valence-electron chi connectivity index (χ0n) is 14.1. The van der Waals surface area contributed by atoms with Gasteiger partial charge in [0.1, 0.15) is 10.8 Å². The van der Waals surface area contributed by atoms with Crippen LogP contribution < -0.4 is 21.1 Å². The van der Waals surface area contributed by atoms with E-state index in [1.54, 1.807) is 12.1 Å². The van der Waals surface area contributed by atoms with E-state index in [0.29, 0.717) is 10.8 Å². The molecule has 0 bridgehead atoms. The molecular formula is C16H21FN5OS2+. The van der Waals surface area contributed by atoms with Gasteiger partial charge in [0.15, 0.2) is 5.11 Å². The van der Waals surface area contributed by atoms with Crippen LogP contribution in [0.1, 0.15) is 5.69 Å². The number of carbonyl (C=O) groups is 1. The molecule has 0 saturated heterocycles. The summed E-state index contributed by atoms with van der Waals surface area (Å²) in [5, 5.41) is 5.94. The van der Waals surface area contributed by atoms with Crippen LogP contribution in [0.15, 0.2) is 29.6 Å². The predicted molar refractivity (Wildman–Crippen MR) is 101 cm³/mol. The van der Waals surface area contributed by atoms with E-state index in [0.717, 1.165) is 23.7 Å². The first-order valence-corrected chi connectivity index (χ1v) is 9.05. The number of quaternary nitrogens is 1. The number of carbonyl (C=O) groups excluding carboxylic acids is 1. The SMILES string of the molecule is C[NH+](C)CCNC(=S)NNC(=O)Cc1csc(-c2ccc(F)cc2)n1. The molecule has 1 amide bonds. The Hall–Kier alpha value is -2.10. The summed E-state index contributed by atoms with van der Waals surface area (Å²) in [4.78, 5) is 17.6. The van der Waals surface area contributed by atoms with Crippen LogP contribution in [0.2, 0.25) is 0 Å². The average Bonchev–Trinajstić information content (AvgIpc) is 3.01. The monoisotopic (exact) mass is 382 g/mol. The maximum Gasteiger partial charge on any atom is 0.244 e. The standard InChI is InChI=1S/C16H20FN5OS2/c1-22(2)8-7-18-16(24)21-20-14(23)9-13-10-25-15(19-13)11-3-5-12(17)6-4-11/h3-6,10H,7-9H2,1-2H3,(H,20,23)(H2,18,21,24)/p+1. The molecule has 1 aromatic heterocycles. The molecule has 2 aromatic rings. The molecule has 0 fully saturated rings. The minimum Gasteiger partial charge on any atom is -0.356 e. The van der Waals surface area contributed by atoms with Crippen LogP contribution in [-0.2, 0) is 11.2 Å². The highest BCUT2D eigenvalue weighted by molar-refractivity contribution is 7.80. The molecule has 0 aliphatic heterocycles. The summed E-state index contributed by atoms with van der Waals surface area (Å²) in [6.07, 6.45) is 0.134. The summed E-state index contributed by atoms with van der Waals surface area (Å²) >= 11 is 6.49. The summed E-state index contributed by atoms with van der Waals surface area (Å²) in [5.41, 5.74) is 6.68. The van der Waals surface area contributed by atoms with Crippen molar-refractivity contribution in [2.24, 2.45) is 0 Å². The van der Waals surface area contributed by atoms with Crippen molar-refractivity contribution < 1.29 is 14.1 Å². The van der Waals surface area contributed by atoms with Gasteiger partial charge in [-0.1, -0.05) is 0 Å². The van der Waals surface area contributed by atoms with Crippen molar-refractivity contribution in [3.63, 3.8) is 0 Å². The van der Waals surface area contributed by atoms with Gasteiger partial charge in [-0.3, -0.25) is 15.6 Å². The van der Waals surface area contributed by atoms with Crippen molar-refractivity contribution in [3.05, 3.63) is 41.2 Å². The number of likely N-dealkylation sites (N-methyl/N-ethyl adjacent to an activating group) is 1. The number of thiazole rings is 1. The van der Waals surface area contributed by atoms with E-state index in [2.05, 4.69) is 21.2 Å². The van der Waals surface area contributed by atoms with Gasteiger partial charge in [-0.15, -0.1) is 11.3 Å². The van der Waals surface area contributed by atoms with Gasteiger partial charge in [-0.2, -0.15) is 0 Å². The van der Waals surface area contributed by atoms with Crippen LogP contribution in [0, 0.1) is 5.82 Å². The normalized spacial score (nSPS) is 10.6. The minimum absolute atomic E-state index is 0.134. The van der Waals surface area contributed by atoms with E-state index in [9.17, 15) is 9.18 Å². The number of rotatable bonds is 6. The van der Waals surface area contributed by atoms with E-state index < -0.39 is 0 Å². The summed E-state index contributed by atoms with van der Waals surface area (Å²) in [6, 6.07) is 6.11. The van der Waals surface area contributed by atoms with Crippen LogP contribution in [0.5, 0.6) is 0 Å². The maximum absolute atomic E-state index is 13.0. The molecule has 0 unspecified atom stereocenters. The van der Waals surface area contributed by atoms with Crippen molar-refractivity contribution in [1.82, 2.24) is 21.2 Å². The molecule has 0 spiro atoms. The number of aromatic nitrogens is 1. The second kappa shape index (κ2) is 9.40. The fourth-order valence-electron chi connectivity index (χ4n) is 1.92. The third-order valence-electron chi connectivity index (χ3n) is 3.21. The highest BCUT2D eigenvalue weighted by Gasteiger charge is 2.09. The summed E-state index contributed by atoms with van der Waals surface area (Å²) in [7, 11) is 4.10. The topological polar surface area (TPSA) is 70.5 Å². The third kappa shape index (κ3) is 6.73. The van der Waals surface area contributed by atoms with Crippen LogP contribution >= 0.6 is 23.6 Å². The Labute approximate surface area is 155 Å². The first-order chi connectivity index (χ1) is 11.9. The number of nitrogens with zero attached hydrogens (tertiary/aromatic N) is 1. The fraction of sp³-hybridized carbons (Fsp3) is 0.312. The van der Waals surface area contributed by atoms with Crippen LogP contribution in [0.4, 0.5) is 4.39 Å². The molecule has 134 valence electrons. The Kier molecular flexibility index (Phi) is 7.23.